The number of para-hydroxylation sites is 2. The molecule has 0 amide bonds. The van der Waals surface area contributed by atoms with E-state index in [4.69, 9.17) is 9.97 Å². The zero-order valence-electron chi connectivity index (χ0n) is 30.4. The number of aromatic nitrogens is 2. The molecule has 3 aliphatic rings. The Hall–Kier alpha value is -3.84. The molecule has 9 rings (SSSR count). The van der Waals surface area contributed by atoms with Crippen molar-refractivity contribution in [2.75, 3.05) is 30.6 Å². The number of pyridine rings is 2. The fraction of sp³-hybridized carbons (Fsp3) is 0.333. The first-order chi connectivity index (χ1) is 25.0. The average molecular weight is 709 g/mol. The molecule has 51 heavy (non-hydrogen) atoms. The zero-order chi connectivity index (χ0) is 34.5. The van der Waals surface area contributed by atoms with Gasteiger partial charge in [0.15, 0.2) is 0 Å². The van der Waals surface area contributed by atoms with Gasteiger partial charge in [0.05, 0.1) is 0 Å². The van der Waals surface area contributed by atoms with Crippen LogP contribution in [0.25, 0.3) is 21.8 Å². The quantitative estimate of drug-likeness (QED) is 0.168. The number of rotatable bonds is 2. The van der Waals surface area contributed by atoms with Crippen molar-refractivity contribution in [1.82, 2.24) is 9.97 Å². The van der Waals surface area contributed by atoms with Gasteiger partial charge in [-0.3, -0.25) is 0 Å². The summed E-state index contributed by atoms with van der Waals surface area (Å²) in [5.41, 5.74) is 8.79. The third-order valence-electron chi connectivity index (χ3n) is 12.7. The molecule has 2 saturated carbocycles. The van der Waals surface area contributed by atoms with Crippen molar-refractivity contribution in [3.63, 3.8) is 0 Å². The average Bonchev–Trinajstić information content (AvgIpc) is 3.20. The molecule has 4 aromatic carbocycles. The van der Waals surface area contributed by atoms with E-state index in [2.05, 4.69) is 128 Å². The van der Waals surface area contributed by atoms with E-state index in [-0.39, 0.29) is 0 Å². The van der Waals surface area contributed by atoms with Crippen molar-refractivity contribution in [1.29, 1.82) is 0 Å². The molecule has 260 valence electrons. The number of benzene rings is 4. The van der Waals surface area contributed by atoms with Gasteiger partial charge in [-0.15, -0.1) is 0 Å². The van der Waals surface area contributed by atoms with E-state index in [9.17, 15) is 0 Å². The van der Waals surface area contributed by atoms with Gasteiger partial charge in [-0.2, -0.15) is 0 Å². The zero-order valence-corrected chi connectivity index (χ0v) is 32.2. The molecular weight excluding hydrogens is 658 g/mol. The second kappa shape index (κ2) is 13.6. The minimum atomic E-state index is -2.42. The number of fused-ring (bicyclic) bond motifs is 6. The molecule has 6 heteroatoms. The van der Waals surface area contributed by atoms with Gasteiger partial charge in [-0.05, 0) is 0 Å². The number of hydrogen-bond acceptors (Lipinski definition) is 4. The fourth-order valence-corrected chi connectivity index (χ4v) is 18.5. The molecule has 0 bridgehead atoms. The van der Waals surface area contributed by atoms with Crippen LogP contribution in [0, 0.1) is 0 Å². The van der Waals surface area contributed by atoms with E-state index in [1.54, 1.807) is 10.6 Å². The molecule has 2 aromatic heterocycles. The van der Waals surface area contributed by atoms with Crippen molar-refractivity contribution >= 4 is 81.0 Å². The van der Waals surface area contributed by atoms with Crippen molar-refractivity contribution < 1.29 is 0 Å². The van der Waals surface area contributed by atoms with Gasteiger partial charge in [0, 0.05) is 0 Å². The minimum absolute atomic E-state index is 0.627. The second-order valence-electron chi connectivity index (χ2n) is 15.4. The Morgan fingerprint density at radius 3 is 1.86 bits per heavy atom. The summed E-state index contributed by atoms with van der Waals surface area (Å²) in [7, 11) is 1.58. The van der Waals surface area contributed by atoms with E-state index < -0.39 is 15.2 Å². The Labute approximate surface area is 305 Å². The van der Waals surface area contributed by atoms with Gasteiger partial charge < -0.3 is 0 Å². The Balaban J connectivity index is 1.43. The molecule has 2 aliphatic carbocycles. The first-order valence-corrected chi connectivity index (χ1v) is 23.2. The van der Waals surface area contributed by atoms with E-state index in [1.165, 1.54) is 108 Å². The normalized spacial score (nSPS) is 20.4. The van der Waals surface area contributed by atoms with Crippen LogP contribution in [0.1, 0.15) is 64.2 Å². The molecule has 4 nitrogen and oxygen atoms in total. The van der Waals surface area contributed by atoms with Crippen molar-refractivity contribution in [2.24, 2.45) is 0 Å². The van der Waals surface area contributed by atoms with Crippen LogP contribution in [-0.4, -0.2) is 42.0 Å². The van der Waals surface area contributed by atoms with E-state index in [1.807, 2.05) is 12.4 Å². The van der Waals surface area contributed by atoms with E-state index >= 15 is 0 Å². The fourth-order valence-electron chi connectivity index (χ4n) is 9.91. The van der Waals surface area contributed by atoms with Gasteiger partial charge in [0.2, 0.25) is 0 Å². The van der Waals surface area contributed by atoms with Crippen molar-refractivity contribution in [3.05, 3.63) is 109 Å². The second-order valence-corrected chi connectivity index (χ2v) is 22.2. The molecule has 0 spiro atoms. The Kier molecular flexibility index (Phi) is 8.82. The summed E-state index contributed by atoms with van der Waals surface area (Å²) in [6, 6.07) is 37.6. The van der Waals surface area contributed by atoms with Crippen LogP contribution in [0.2, 0.25) is 0 Å². The molecule has 0 N–H and O–H groups in total. The Morgan fingerprint density at radius 1 is 0.549 bits per heavy atom. The SMILES string of the molecule is CN1c2ccccc2P(C2CCCCC2)c2cc3cccnc3cc2N(C)c2cc3ncccc3cc2[PH](C)(C2CCCCC2)c2ccccc21. The third-order valence-corrected chi connectivity index (χ3v) is 20.9. The van der Waals surface area contributed by atoms with Gasteiger partial charge in [0.25, 0.3) is 0 Å². The molecule has 2 fully saturated rings. The predicted molar refractivity (Wildman–Crippen MR) is 226 cm³/mol. The Morgan fingerprint density at radius 2 is 1.14 bits per heavy atom. The topological polar surface area (TPSA) is 32.3 Å². The van der Waals surface area contributed by atoms with Crippen LogP contribution in [0.5, 0.6) is 0 Å². The van der Waals surface area contributed by atoms with Gasteiger partial charge in [-0.1, -0.05) is 0 Å². The summed E-state index contributed by atoms with van der Waals surface area (Å²) in [6.07, 6.45) is 17.0. The van der Waals surface area contributed by atoms with Gasteiger partial charge >= 0.3 is 306 Å². The molecule has 1 atom stereocenters. The predicted octanol–water partition coefficient (Wildman–Crippen LogP) is 10.1. The van der Waals surface area contributed by atoms with Gasteiger partial charge in [-0.25, -0.2) is 0 Å². The summed E-state index contributed by atoms with van der Waals surface area (Å²) in [5.74, 6) is 0. The number of hydrogen-bond donors (Lipinski definition) is 0. The summed E-state index contributed by atoms with van der Waals surface area (Å²) >= 11 is 0. The molecule has 1 unspecified atom stereocenters. The Bertz CT molecular complexity index is 2220. The van der Waals surface area contributed by atoms with Crippen LogP contribution >= 0.6 is 15.2 Å². The molecular formula is C45H50N4P2. The van der Waals surface area contributed by atoms with Crippen LogP contribution in [0.3, 0.4) is 0 Å². The molecule has 6 aromatic rings. The summed E-state index contributed by atoms with van der Waals surface area (Å²) < 4.78 is 0. The number of nitrogens with zero attached hydrogens (tertiary/aromatic N) is 4. The molecule has 0 saturated heterocycles. The summed E-state index contributed by atoms with van der Waals surface area (Å²) in [6.45, 7) is 2.71. The summed E-state index contributed by atoms with van der Waals surface area (Å²) in [5, 5.41) is 8.58. The maximum absolute atomic E-state index is 4.97. The third kappa shape index (κ3) is 5.66. The van der Waals surface area contributed by atoms with Crippen LogP contribution in [-0.2, 0) is 0 Å². The van der Waals surface area contributed by atoms with Crippen molar-refractivity contribution in [2.45, 2.75) is 75.5 Å². The van der Waals surface area contributed by atoms with E-state index in [0.717, 1.165) is 11.0 Å². The summed E-state index contributed by atoms with van der Waals surface area (Å²) in [4.78, 5) is 15.1. The van der Waals surface area contributed by atoms with Crippen LogP contribution in [0.15, 0.2) is 109 Å². The monoisotopic (exact) mass is 708 g/mol. The van der Waals surface area contributed by atoms with Crippen molar-refractivity contribution in [3.8, 4) is 0 Å². The van der Waals surface area contributed by atoms with Crippen LogP contribution < -0.4 is 31.0 Å². The van der Waals surface area contributed by atoms with E-state index in [0.29, 0.717) is 11.3 Å². The van der Waals surface area contributed by atoms with Crippen LogP contribution in [0.4, 0.5) is 22.7 Å². The van der Waals surface area contributed by atoms with Gasteiger partial charge in [0.1, 0.15) is 0 Å². The molecule has 1 aliphatic heterocycles. The molecule has 0 radical (unpaired) electrons. The maximum atomic E-state index is 4.97. The first kappa shape index (κ1) is 33.0. The number of anilines is 4. The molecule has 3 heterocycles. The first-order valence-electron chi connectivity index (χ1n) is 19.3. The standard InChI is InChI=1S/C45H50N4P2/c1-48-38-22-10-12-24-42(38)50(34-18-6-4-7-19-34)43-28-32-16-14-26-46-36(32)30-40(43)49(2)41-31-37-33(17-15-27-47-37)29-45(41)51(3,35-20-8-5-9-21-35)44-25-13-11-23-39(44)48/h10-17,22-31,34-35,51H,4-9,18-21H2,1-3H3.